The number of carbonyl (C=O) groups excluding carboxylic acids is 2. The molecule has 0 saturated heterocycles. The Morgan fingerprint density at radius 1 is 1.10 bits per heavy atom. The average molecular weight is 435 g/mol. The van der Waals surface area contributed by atoms with Crippen LogP contribution in [0.2, 0.25) is 0 Å². The van der Waals surface area contributed by atoms with E-state index >= 15 is 0 Å². The Hall–Kier alpha value is -3.65. The van der Waals surface area contributed by atoms with E-state index in [1.807, 2.05) is 64.6 Å². The summed E-state index contributed by atoms with van der Waals surface area (Å²) in [5.41, 5.74) is 2.36. The Bertz CT molecular complexity index is 1140. The zero-order chi connectivity index (χ0) is 21.5. The topological polar surface area (TPSA) is 84.7 Å². The van der Waals surface area contributed by atoms with Crippen LogP contribution in [0.4, 0.5) is 5.69 Å². The van der Waals surface area contributed by atoms with Crippen molar-refractivity contribution in [3.05, 3.63) is 82.9 Å². The van der Waals surface area contributed by atoms with Crippen molar-refractivity contribution in [3.8, 4) is 5.75 Å². The van der Waals surface area contributed by atoms with Gasteiger partial charge in [0.25, 0.3) is 5.91 Å². The molecule has 0 saturated carbocycles. The van der Waals surface area contributed by atoms with Gasteiger partial charge in [-0.25, -0.2) is 4.98 Å². The van der Waals surface area contributed by atoms with E-state index < -0.39 is 0 Å². The molecule has 0 atom stereocenters. The van der Waals surface area contributed by atoms with Gasteiger partial charge in [-0.3, -0.25) is 9.59 Å². The Kier molecular flexibility index (Phi) is 6.59. The molecule has 7 nitrogen and oxygen atoms in total. The van der Waals surface area contributed by atoms with Crippen molar-refractivity contribution in [1.82, 2.24) is 14.7 Å². The highest BCUT2D eigenvalue weighted by molar-refractivity contribution is 7.12. The van der Waals surface area contributed by atoms with Crippen LogP contribution in [0.15, 0.2) is 72.4 Å². The molecule has 8 heteroatoms. The molecule has 0 aliphatic heterocycles. The van der Waals surface area contributed by atoms with Crippen molar-refractivity contribution in [2.45, 2.75) is 19.4 Å². The zero-order valence-electron chi connectivity index (χ0n) is 16.8. The largest absolute Gasteiger partial charge is 0.487 e. The van der Waals surface area contributed by atoms with Crippen LogP contribution in [0.1, 0.15) is 28.2 Å². The summed E-state index contributed by atoms with van der Waals surface area (Å²) in [7, 11) is 0. The number of benzene rings is 1. The van der Waals surface area contributed by atoms with E-state index in [4.69, 9.17) is 4.74 Å². The first-order chi connectivity index (χ1) is 15.2. The predicted molar refractivity (Wildman–Crippen MR) is 120 cm³/mol. The van der Waals surface area contributed by atoms with E-state index in [1.165, 1.54) is 11.3 Å². The van der Waals surface area contributed by atoms with E-state index in [9.17, 15) is 9.59 Å². The number of nitrogens with zero attached hydrogens (tertiary/aromatic N) is 2. The van der Waals surface area contributed by atoms with Crippen LogP contribution in [0.25, 0.3) is 5.65 Å². The molecule has 0 radical (unpaired) electrons. The Morgan fingerprint density at radius 2 is 2.03 bits per heavy atom. The number of ether oxygens (including phenoxy) is 1. The van der Waals surface area contributed by atoms with Crippen molar-refractivity contribution < 1.29 is 14.3 Å². The van der Waals surface area contributed by atoms with E-state index in [2.05, 4.69) is 15.6 Å². The van der Waals surface area contributed by atoms with Gasteiger partial charge >= 0.3 is 0 Å². The molecular weight excluding hydrogens is 412 g/mol. The summed E-state index contributed by atoms with van der Waals surface area (Å²) < 4.78 is 7.77. The number of hydrogen-bond donors (Lipinski definition) is 2. The Balaban J connectivity index is 1.22. The first kappa shape index (κ1) is 20.6. The standard InChI is InChI=1S/C23H22N4O3S/c28-22(10-4-11-24-23(29)20-8-5-13-31-20)26-17-6-3-7-19(14-17)30-16-18-15-27-12-2-1-9-21(27)25-18/h1-3,5-9,12-15H,4,10-11,16H2,(H,24,29)(H,26,28). The molecule has 0 unspecified atom stereocenters. The Labute approximate surface area is 183 Å². The van der Waals surface area contributed by atoms with E-state index in [-0.39, 0.29) is 11.8 Å². The number of carbonyl (C=O) groups is 2. The fourth-order valence-electron chi connectivity index (χ4n) is 3.05. The fourth-order valence-corrected chi connectivity index (χ4v) is 3.69. The van der Waals surface area contributed by atoms with E-state index in [0.717, 1.165) is 11.3 Å². The van der Waals surface area contributed by atoms with Crippen LogP contribution in [0.3, 0.4) is 0 Å². The van der Waals surface area contributed by atoms with Crippen LogP contribution in [-0.2, 0) is 11.4 Å². The summed E-state index contributed by atoms with van der Waals surface area (Å²) >= 11 is 1.39. The van der Waals surface area contributed by atoms with Crippen LogP contribution in [-0.4, -0.2) is 27.7 Å². The van der Waals surface area contributed by atoms with Gasteiger partial charge < -0.3 is 19.8 Å². The minimum atomic E-state index is -0.108. The molecule has 0 bridgehead atoms. The first-order valence-corrected chi connectivity index (χ1v) is 10.8. The maximum atomic E-state index is 12.2. The number of imidazole rings is 1. The zero-order valence-corrected chi connectivity index (χ0v) is 17.6. The Morgan fingerprint density at radius 3 is 2.87 bits per heavy atom. The third kappa shape index (κ3) is 5.70. The summed E-state index contributed by atoms with van der Waals surface area (Å²) in [5.74, 6) is 0.437. The molecule has 0 aliphatic rings. The number of aromatic nitrogens is 2. The van der Waals surface area contributed by atoms with Gasteiger partial charge in [-0.1, -0.05) is 18.2 Å². The lowest BCUT2D eigenvalue weighted by Gasteiger charge is -2.09. The number of fused-ring (bicyclic) bond motifs is 1. The maximum Gasteiger partial charge on any atom is 0.261 e. The van der Waals surface area contributed by atoms with E-state index in [1.54, 1.807) is 12.1 Å². The van der Waals surface area contributed by atoms with Gasteiger partial charge in [0.1, 0.15) is 18.0 Å². The molecule has 0 spiro atoms. The smallest absolute Gasteiger partial charge is 0.261 e. The number of rotatable bonds is 9. The van der Waals surface area contributed by atoms with Crippen LogP contribution >= 0.6 is 11.3 Å². The summed E-state index contributed by atoms with van der Waals surface area (Å²) in [5, 5.41) is 7.55. The summed E-state index contributed by atoms with van der Waals surface area (Å²) in [6, 6.07) is 16.7. The maximum absolute atomic E-state index is 12.2. The van der Waals surface area contributed by atoms with Crippen molar-refractivity contribution >= 4 is 34.5 Å². The normalized spacial score (nSPS) is 10.7. The second-order valence-electron chi connectivity index (χ2n) is 6.90. The highest BCUT2D eigenvalue weighted by Crippen LogP contribution is 2.19. The van der Waals surface area contributed by atoms with Gasteiger partial charge in [-0.05, 0) is 42.1 Å². The number of anilines is 1. The number of thiophene rings is 1. The average Bonchev–Trinajstić information content (AvgIpc) is 3.45. The number of hydrogen-bond acceptors (Lipinski definition) is 5. The van der Waals surface area contributed by atoms with Crippen LogP contribution in [0, 0.1) is 0 Å². The first-order valence-electron chi connectivity index (χ1n) is 9.94. The summed E-state index contributed by atoms with van der Waals surface area (Å²) in [6.45, 7) is 0.787. The monoisotopic (exact) mass is 434 g/mol. The summed E-state index contributed by atoms with van der Waals surface area (Å²) in [4.78, 5) is 29.3. The second-order valence-corrected chi connectivity index (χ2v) is 7.85. The molecule has 4 aromatic rings. The van der Waals surface area contributed by atoms with Crippen molar-refractivity contribution in [2.75, 3.05) is 11.9 Å². The van der Waals surface area contributed by atoms with E-state index in [0.29, 0.717) is 42.3 Å². The molecule has 0 fully saturated rings. The second kappa shape index (κ2) is 9.90. The molecule has 2 N–H and O–H groups in total. The van der Waals surface area contributed by atoms with Gasteiger partial charge in [-0.15, -0.1) is 11.3 Å². The van der Waals surface area contributed by atoms with Gasteiger partial charge in [-0.2, -0.15) is 0 Å². The lowest BCUT2D eigenvalue weighted by Crippen LogP contribution is -2.24. The molecule has 0 aliphatic carbocycles. The molecular formula is C23H22N4O3S. The van der Waals surface area contributed by atoms with Crippen LogP contribution in [0.5, 0.6) is 5.75 Å². The molecule has 3 heterocycles. The molecule has 4 rings (SSSR count). The van der Waals surface area contributed by atoms with Crippen molar-refractivity contribution in [3.63, 3.8) is 0 Å². The highest BCUT2D eigenvalue weighted by Gasteiger charge is 2.08. The van der Waals surface area contributed by atoms with Crippen molar-refractivity contribution in [2.24, 2.45) is 0 Å². The lowest BCUT2D eigenvalue weighted by atomic mass is 10.2. The SMILES string of the molecule is O=C(CCCNC(=O)c1cccs1)Nc1cccc(OCc2cn3ccccc3n2)c1. The minimum Gasteiger partial charge on any atom is -0.487 e. The number of amides is 2. The number of nitrogens with one attached hydrogen (secondary N) is 2. The molecule has 1 aromatic carbocycles. The lowest BCUT2D eigenvalue weighted by molar-refractivity contribution is -0.116. The third-order valence-electron chi connectivity index (χ3n) is 4.53. The van der Waals surface area contributed by atoms with Gasteiger partial charge in [0.05, 0.1) is 10.6 Å². The van der Waals surface area contributed by atoms with Gasteiger partial charge in [0.15, 0.2) is 0 Å². The number of pyridine rings is 1. The van der Waals surface area contributed by atoms with Crippen molar-refractivity contribution in [1.29, 1.82) is 0 Å². The third-order valence-corrected chi connectivity index (χ3v) is 5.40. The fraction of sp³-hybridized carbons (Fsp3) is 0.174. The molecule has 31 heavy (non-hydrogen) atoms. The minimum absolute atomic E-state index is 0.106. The predicted octanol–water partition coefficient (Wildman–Crippen LogP) is 4.12. The molecule has 3 aromatic heterocycles. The molecule has 158 valence electrons. The highest BCUT2D eigenvalue weighted by atomic mass is 32.1. The van der Waals surface area contributed by atoms with Gasteiger partial charge in [0, 0.05) is 37.1 Å². The summed E-state index contributed by atoms with van der Waals surface area (Å²) in [6.07, 6.45) is 4.75. The molecule has 2 amide bonds. The van der Waals surface area contributed by atoms with Crippen LogP contribution < -0.4 is 15.4 Å². The quantitative estimate of drug-likeness (QED) is 0.388. The van der Waals surface area contributed by atoms with Gasteiger partial charge in [0.2, 0.25) is 5.91 Å².